The van der Waals surface area contributed by atoms with Gasteiger partial charge < -0.3 is 5.32 Å². The highest BCUT2D eigenvalue weighted by Crippen LogP contribution is 2.34. The fourth-order valence-electron chi connectivity index (χ4n) is 2.46. The van der Waals surface area contributed by atoms with Crippen molar-refractivity contribution in [3.63, 3.8) is 0 Å². The molecular weight excluding hydrogens is 350 g/mol. The Morgan fingerprint density at radius 2 is 1.68 bits per heavy atom. The molecule has 3 aromatic carbocycles. The molecule has 0 radical (unpaired) electrons. The molecule has 0 aromatic heterocycles. The van der Waals surface area contributed by atoms with E-state index in [0.717, 1.165) is 16.0 Å². The monoisotopic (exact) mass is 367 g/mol. The number of aryl methyl sites for hydroxylation is 1. The van der Waals surface area contributed by atoms with Crippen LogP contribution in [0.4, 0.5) is 0 Å². The van der Waals surface area contributed by atoms with Crippen LogP contribution < -0.4 is 5.32 Å². The second-order valence-electron chi connectivity index (χ2n) is 5.71. The van der Waals surface area contributed by atoms with E-state index >= 15 is 0 Å². The summed E-state index contributed by atoms with van der Waals surface area (Å²) in [6.07, 6.45) is 0. The highest BCUT2D eigenvalue weighted by Gasteiger charge is 2.17. The van der Waals surface area contributed by atoms with Crippen molar-refractivity contribution in [2.24, 2.45) is 0 Å². The van der Waals surface area contributed by atoms with Gasteiger partial charge in [0.15, 0.2) is 0 Å². The summed E-state index contributed by atoms with van der Waals surface area (Å²) in [6.45, 7) is 2.05. The summed E-state index contributed by atoms with van der Waals surface area (Å²) >= 11 is 7.56. The Morgan fingerprint density at radius 1 is 0.960 bits per heavy atom. The number of hydrogen-bond donors (Lipinski definition) is 1. The molecule has 0 spiro atoms. The van der Waals surface area contributed by atoms with E-state index in [4.69, 9.17) is 11.6 Å². The maximum Gasteiger partial charge on any atom is 0.252 e. The lowest BCUT2D eigenvalue weighted by Gasteiger charge is -2.19. The zero-order valence-corrected chi connectivity index (χ0v) is 15.3. The van der Waals surface area contributed by atoms with Crippen molar-refractivity contribution in [2.45, 2.75) is 17.2 Å². The van der Waals surface area contributed by atoms with E-state index in [1.807, 2.05) is 79.7 Å². The number of nitrogens with one attached hydrogen (secondary N) is 1. The lowest BCUT2D eigenvalue weighted by atomic mass is 10.1. The summed E-state index contributed by atoms with van der Waals surface area (Å²) < 4.78 is 0. The first-order valence-electron chi connectivity index (χ1n) is 7.96. The number of hydrogen-bond acceptors (Lipinski definition) is 2. The zero-order valence-electron chi connectivity index (χ0n) is 13.8. The van der Waals surface area contributed by atoms with E-state index in [-0.39, 0.29) is 11.3 Å². The Balaban J connectivity index is 1.86. The number of halogens is 1. The highest BCUT2D eigenvalue weighted by atomic mass is 35.5. The van der Waals surface area contributed by atoms with Crippen LogP contribution in [0.25, 0.3) is 0 Å². The van der Waals surface area contributed by atoms with Crippen LogP contribution in [0, 0.1) is 6.92 Å². The fraction of sp³-hybridized carbons (Fsp3) is 0.0952. The molecule has 3 rings (SSSR count). The maximum absolute atomic E-state index is 12.6. The summed E-state index contributed by atoms with van der Waals surface area (Å²) in [4.78, 5) is 13.7. The van der Waals surface area contributed by atoms with Crippen molar-refractivity contribution in [3.8, 4) is 0 Å². The summed E-state index contributed by atoms with van der Waals surface area (Å²) in [5, 5.41) is 3.64. The molecule has 0 saturated carbocycles. The van der Waals surface area contributed by atoms with Gasteiger partial charge in [0, 0.05) is 15.5 Å². The van der Waals surface area contributed by atoms with Crippen LogP contribution in [-0.4, -0.2) is 5.91 Å². The van der Waals surface area contributed by atoms with Crippen molar-refractivity contribution in [2.75, 3.05) is 0 Å². The third-order valence-electron chi connectivity index (χ3n) is 3.71. The maximum atomic E-state index is 12.6. The van der Waals surface area contributed by atoms with Crippen molar-refractivity contribution in [3.05, 3.63) is 101 Å². The standard InChI is InChI=1S/C21H18ClNOS/c1-15-6-5-9-17(14-15)21(25-19-12-10-18(22)11-13-19)23-20(24)16-7-3-2-4-8-16/h2-14,21H,1H3,(H,23,24). The molecule has 0 heterocycles. The van der Waals surface area contributed by atoms with E-state index < -0.39 is 0 Å². The molecule has 0 aliphatic carbocycles. The first-order chi connectivity index (χ1) is 12.1. The number of thioether (sulfide) groups is 1. The Kier molecular flexibility index (Phi) is 5.79. The molecule has 0 bridgehead atoms. The molecule has 0 aliphatic heterocycles. The predicted molar refractivity (Wildman–Crippen MR) is 105 cm³/mol. The van der Waals surface area contributed by atoms with Gasteiger partial charge in [-0.1, -0.05) is 71.4 Å². The van der Waals surface area contributed by atoms with Crippen LogP contribution in [0.1, 0.15) is 26.9 Å². The smallest absolute Gasteiger partial charge is 0.252 e. The van der Waals surface area contributed by atoms with Crippen molar-refractivity contribution in [1.82, 2.24) is 5.32 Å². The summed E-state index contributed by atoms with van der Waals surface area (Å²) in [6, 6.07) is 25.1. The number of carbonyl (C=O) groups is 1. The number of amides is 1. The summed E-state index contributed by atoms with van der Waals surface area (Å²) in [5.74, 6) is -0.0893. The van der Waals surface area contributed by atoms with Crippen molar-refractivity contribution in [1.29, 1.82) is 0 Å². The van der Waals surface area contributed by atoms with Crippen molar-refractivity contribution >= 4 is 29.3 Å². The summed E-state index contributed by atoms with van der Waals surface area (Å²) in [5.41, 5.74) is 2.87. The number of carbonyl (C=O) groups excluding carboxylic acids is 1. The molecular formula is C21H18ClNOS. The molecule has 3 aromatic rings. The zero-order chi connectivity index (χ0) is 17.6. The van der Waals surface area contributed by atoms with Gasteiger partial charge in [-0.15, -0.1) is 0 Å². The Bertz CT molecular complexity index is 849. The number of rotatable bonds is 5. The average molecular weight is 368 g/mol. The minimum Gasteiger partial charge on any atom is -0.336 e. The Hall–Kier alpha value is -2.23. The van der Waals surface area contributed by atoms with E-state index in [1.165, 1.54) is 0 Å². The molecule has 1 unspecified atom stereocenters. The second-order valence-corrected chi connectivity index (χ2v) is 7.32. The van der Waals surface area contributed by atoms with Crippen LogP contribution in [0.3, 0.4) is 0 Å². The lowest BCUT2D eigenvalue weighted by molar-refractivity contribution is 0.0949. The van der Waals surface area contributed by atoms with Gasteiger partial charge in [0.05, 0.1) is 0 Å². The number of benzene rings is 3. The summed E-state index contributed by atoms with van der Waals surface area (Å²) in [7, 11) is 0. The molecule has 1 N–H and O–H groups in total. The normalized spacial score (nSPS) is 11.8. The van der Waals surface area contributed by atoms with Crippen LogP contribution in [-0.2, 0) is 0 Å². The predicted octanol–water partition coefficient (Wildman–Crippen LogP) is 5.87. The molecule has 126 valence electrons. The van der Waals surface area contributed by atoms with E-state index in [1.54, 1.807) is 11.8 Å². The van der Waals surface area contributed by atoms with Gasteiger partial charge in [-0.3, -0.25) is 4.79 Å². The third-order valence-corrected chi connectivity index (χ3v) is 5.13. The van der Waals surface area contributed by atoms with Gasteiger partial charge in [-0.2, -0.15) is 0 Å². The largest absolute Gasteiger partial charge is 0.336 e. The third kappa shape index (κ3) is 4.88. The lowest BCUT2D eigenvalue weighted by Crippen LogP contribution is -2.26. The topological polar surface area (TPSA) is 29.1 Å². The van der Waals surface area contributed by atoms with E-state index in [9.17, 15) is 4.79 Å². The van der Waals surface area contributed by atoms with Crippen molar-refractivity contribution < 1.29 is 4.79 Å². The molecule has 25 heavy (non-hydrogen) atoms. The van der Waals surface area contributed by atoms with E-state index in [0.29, 0.717) is 10.6 Å². The Morgan fingerprint density at radius 3 is 2.36 bits per heavy atom. The van der Waals surface area contributed by atoms with Crippen LogP contribution >= 0.6 is 23.4 Å². The Labute approximate surface area is 157 Å². The van der Waals surface area contributed by atoms with E-state index in [2.05, 4.69) is 11.4 Å². The van der Waals surface area contributed by atoms with Crippen LogP contribution in [0.5, 0.6) is 0 Å². The second kappa shape index (κ2) is 8.24. The average Bonchev–Trinajstić information content (AvgIpc) is 2.63. The minimum atomic E-state index is -0.186. The fourth-order valence-corrected chi connectivity index (χ4v) is 3.60. The quantitative estimate of drug-likeness (QED) is 0.451. The molecule has 4 heteroatoms. The van der Waals surface area contributed by atoms with Crippen LogP contribution in [0.2, 0.25) is 5.02 Å². The molecule has 0 fully saturated rings. The molecule has 0 aliphatic rings. The highest BCUT2D eigenvalue weighted by molar-refractivity contribution is 7.99. The van der Waals surface area contributed by atoms with Gasteiger partial charge in [0.2, 0.25) is 0 Å². The van der Waals surface area contributed by atoms with Gasteiger partial charge >= 0.3 is 0 Å². The molecule has 0 saturated heterocycles. The van der Waals surface area contributed by atoms with Gasteiger partial charge in [-0.25, -0.2) is 0 Å². The first-order valence-corrected chi connectivity index (χ1v) is 9.22. The van der Waals surface area contributed by atoms with Gasteiger partial charge in [-0.05, 0) is 48.9 Å². The molecule has 2 nitrogen and oxygen atoms in total. The SMILES string of the molecule is Cc1cccc(C(NC(=O)c2ccccc2)Sc2ccc(Cl)cc2)c1. The van der Waals surface area contributed by atoms with Crippen LogP contribution in [0.15, 0.2) is 83.8 Å². The van der Waals surface area contributed by atoms with Gasteiger partial charge in [0.1, 0.15) is 5.37 Å². The van der Waals surface area contributed by atoms with Gasteiger partial charge in [0.25, 0.3) is 5.91 Å². The minimum absolute atomic E-state index is 0.0893. The molecule has 1 amide bonds. The molecule has 1 atom stereocenters. The first kappa shape index (κ1) is 17.6.